The van der Waals surface area contributed by atoms with Crippen molar-refractivity contribution in [3.05, 3.63) is 48.0 Å². The molecular formula is C30H43F3N2O4. The van der Waals surface area contributed by atoms with Gasteiger partial charge in [0.2, 0.25) is 5.60 Å². The first-order valence-electron chi connectivity index (χ1n) is 14.0. The molecule has 0 radical (unpaired) electrons. The minimum Gasteiger partial charge on any atom is -0.501 e. The second kappa shape index (κ2) is 12.3. The highest BCUT2D eigenvalue weighted by molar-refractivity contribution is 5.88. The first-order chi connectivity index (χ1) is 18.3. The minimum absolute atomic E-state index is 0.0607. The van der Waals surface area contributed by atoms with E-state index in [4.69, 9.17) is 14.5 Å². The SMILES string of the molecule is C=C/C(=C\C=C(/CCCC)OC)C1=CC(CC)N=C(C2(C3CCN(C(=O)[C@@](C)(O)C(F)(F)F)CC3C)CC2)O1. The average molecular weight is 553 g/mol. The molecular weight excluding hydrogens is 509 g/mol. The predicted octanol–water partition coefficient (Wildman–Crippen LogP) is 6.49. The number of nitrogens with zero attached hydrogens (tertiary/aromatic N) is 2. The topological polar surface area (TPSA) is 71.4 Å². The molecule has 218 valence electrons. The number of methoxy groups -OCH3 is 1. The van der Waals surface area contributed by atoms with Crippen LogP contribution in [-0.4, -0.2) is 59.8 Å². The highest BCUT2D eigenvalue weighted by Crippen LogP contribution is 2.59. The number of hydrogen-bond acceptors (Lipinski definition) is 5. The zero-order valence-electron chi connectivity index (χ0n) is 23.8. The maximum Gasteiger partial charge on any atom is 0.426 e. The molecule has 39 heavy (non-hydrogen) atoms. The van der Waals surface area contributed by atoms with Crippen LogP contribution in [0.2, 0.25) is 0 Å². The van der Waals surface area contributed by atoms with E-state index in [2.05, 4.69) is 20.4 Å². The Hall–Kier alpha value is -2.55. The molecule has 9 heteroatoms. The van der Waals surface area contributed by atoms with Gasteiger partial charge in [-0.2, -0.15) is 13.2 Å². The summed E-state index contributed by atoms with van der Waals surface area (Å²) in [6.07, 6.45) is 8.62. The van der Waals surface area contributed by atoms with Crippen LogP contribution in [0.25, 0.3) is 0 Å². The molecule has 1 N–H and O–H groups in total. The Balaban J connectivity index is 1.79. The lowest BCUT2D eigenvalue weighted by molar-refractivity contribution is -0.251. The van der Waals surface area contributed by atoms with Gasteiger partial charge in [0.05, 0.1) is 18.9 Å². The normalized spacial score (nSPS) is 27.1. The van der Waals surface area contributed by atoms with Gasteiger partial charge in [0, 0.05) is 30.5 Å². The lowest BCUT2D eigenvalue weighted by Gasteiger charge is -2.43. The number of piperidine rings is 1. The number of carbonyl (C=O) groups excluding carboxylic acids is 1. The molecule has 0 spiro atoms. The van der Waals surface area contributed by atoms with E-state index >= 15 is 0 Å². The molecule has 6 nitrogen and oxygen atoms in total. The van der Waals surface area contributed by atoms with Crippen molar-refractivity contribution in [1.29, 1.82) is 0 Å². The van der Waals surface area contributed by atoms with E-state index in [-0.39, 0.29) is 36.4 Å². The largest absolute Gasteiger partial charge is 0.501 e. The lowest BCUT2D eigenvalue weighted by Crippen LogP contribution is -2.59. The number of hydrogen-bond donors (Lipinski definition) is 1. The van der Waals surface area contributed by atoms with Gasteiger partial charge in [0.15, 0.2) is 5.90 Å². The van der Waals surface area contributed by atoms with Crippen LogP contribution in [0.5, 0.6) is 0 Å². The van der Waals surface area contributed by atoms with E-state index in [0.29, 0.717) is 25.0 Å². The Morgan fingerprint density at radius 2 is 2.03 bits per heavy atom. The van der Waals surface area contributed by atoms with Crippen LogP contribution in [0, 0.1) is 17.3 Å². The van der Waals surface area contributed by atoms with Gasteiger partial charge in [-0.1, -0.05) is 39.8 Å². The first-order valence-corrected chi connectivity index (χ1v) is 14.0. The number of allylic oxidation sites excluding steroid dienone is 4. The number of ether oxygens (including phenoxy) is 2. The average Bonchev–Trinajstić information content (AvgIpc) is 3.71. The fraction of sp³-hybridized carbons (Fsp3) is 0.667. The molecule has 3 rings (SSSR count). The van der Waals surface area contributed by atoms with Gasteiger partial charge in [0.1, 0.15) is 5.76 Å². The maximum absolute atomic E-state index is 13.3. The number of amides is 1. The van der Waals surface area contributed by atoms with Gasteiger partial charge in [-0.25, -0.2) is 4.99 Å². The van der Waals surface area contributed by atoms with Crippen molar-refractivity contribution in [2.24, 2.45) is 22.2 Å². The fourth-order valence-electron chi connectivity index (χ4n) is 5.62. The number of unbranched alkanes of at least 4 members (excludes halogenated alkanes) is 1. The van der Waals surface area contributed by atoms with Crippen molar-refractivity contribution in [2.75, 3.05) is 20.2 Å². The summed E-state index contributed by atoms with van der Waals surface area (Å²) in [5.41, 5.74) is -2.89. The molecule has 2 fully saturated rings. The van der Waals surface area contributed by atoms with Gasteiger partial charge in [-0.3, -0.25) is 4.79 Å². The number of alkyl halides is 3. The molecule has 2 heterocycles. The molecule has 0 aromatic heterocycles. The minimum atomic E-state index is -5.03. The lowest BCUT2D eigenvalue weighted by atomic mass is 9.74. The van der Waals surface area contributed by atoms with Crippen LogP contribution < -0.4 is 0 Å². The Morgan fingerprint density at radius 3 is 2.54 bits per heavy atom. The summed E-state index contributed by atoms with van der Waals surface area (Å²) >= 11 is 0. The van der Waals surface area contributed by atoms with Crippen LogP contribution in [0.1, 0.15) is 72.6 Å². The number of aliphatic imine (C=N–C) groups is 1. The van der Waals surface area contributed by atoms with E-state index in [0.717, 1.165) is 54.8 Å². The van der Waals surface area contributed by atoms with Gasteiger partial charge in [0.25, 0.3) is 5.91 Å². The first kappa shape index (κ1) is 31.0. The molecule has 3 unspecified atom stereocenters. The Morgan fingerprint density at radius 1 is 1.33 bits per heavy atom. The fourth-order valence-corrected chi connectivity index (χ4v) is 5.62. The highest BCUT2D eigenvalue weighted by atomic mass is 19.4. The Kier molecular flexibility index (Phi) is 9.78. The summed E-state index contributed by atoms with van der Waals surface area (Å²) in [5.74, 6) is 0.952. The van der Waals surface area contributed by atoms with E-state index in [9.17, 15) is 23.1 Å². The van der Waals surface area contributed by atoms with Gasteiger partial charge in [-0.05, 0) is 69.1 Å². The monoisotopic (exact) mass is 552 g/mol. The number of halogens is 3. The number of likely N-dealkylation sites (tertiary alicyclic amines) is 1. The van der Waals surface area contributed by atoms with Gasteiger partial charge >= 0.3 is 6.18 Å². The van der Waals surface area contributed by atoms with Gasteiger partial charge in [-0.15, -0.1) is 0 Å². The molecule has 4 atom stereocenters. The van der Waals surface area contributed by atoms with Crippen LogP contribution >= 0.6 is 0 Å². The third kappa shape index (κ3) is 6.61. The van der Waals surface area contributed by atoms with Crippen molar-refractivity contribution >= 4 is 11.8 Å². The Bertz CT molecular complexity index is 1040. The van der Waals surface area contributed by atoms with Crippen molar-refractivity contribution in [3.63, 3.8) is 0 Å². The smallest absolute Gasteiger partial charge is 0.426 e. The summed E-state index contributed by atoms with van der Waals surface area (Å²) in [4.78, 5) is 18.7. The summed E-state index contributed by atoms with van der Waals surface area (Å²) in [6, 6.07) is -0.0607. The Labute approximate surface area is 230 Å². The third-order valence-corrected chi connectivity index (χ3v) is 8.33. The number of rotatable bonds is 11. The van der Waals surface area contributed by atoms with E-state index in [1.165, 1.54) is 0 Å². The zero-order valence-corrected chi connectivity index (χ0v) is 23.8. The van der Waals surface area contributed by atoms with E-state index in [1.807, 2.05) is 25.2 Å². The molecule has 1 amide bonds. The molecule has 2 aliphatic heterocycles. The van der Waals surface area contributed by atoms with Gasteiger partial charge < -0.3 is 19.5 Å². The standard InChI is InChI=1S/C30H43F3N2O4/c1-7-10-11-23(38-6)13-12-21(8-2)25-18-22(9-3)34-26(39-25)29(15-16-29)24-14-17-35(19-20(24)4)27(36)28(5,37)30(31,32)33/h8,12-13,18,20,22,24,37H,2,7,9-11,14-17,19H2,1,3-6H3/b21-12+,23-13+/t20?,22?,24?,28-/m1/s1. The molecule has 1 aliphatic carbocycles. The third-order valence-electron chi connectivity index (χ3n) is 8.33. The molecule has 1 saturated carbocycles. The summed E-state index contributed by atoms with van der Waals surface area (Å²) in [6.45, 7) is 10.9. The predicted molar refractivity (Wildman–Crippen MR) is 146 cm³/mol. The summed E-state index contributed by atoms with van der Waals surface area (Å²) in [7, 11) is 1.66. The zero-order chi connectivity index (χ0) is 29.0. The molecule has 3 aliphatic rings. The highest BCUT2D eigenvalue weighted by Gasteiger charge is 2.60. The molecule has 1 saturated heterocycles. The van der Waals surface area contributed by atoms with Crippen LogP contribution in [-0.2, 0) is 14.3 Å². The number of aliphatic hydroxyl groups is 1. The maximum atomic E-state index is 13.3. The second-order valence-electron chi connectivity index (χ2n) is 11.2. The van der Waals surface area contributed by atoms with Crippen LogP contribution in [0.15, 0.2) is 53.0 Å². The number of carbonyl (C=O) groups is 1. The van der Waals surface area contributed by atoms with Crippen molar-refractivity contribution in [2.45, 2.75) is 90.5 Å². The molecule has 0 bridgehead atoms. The van der Waals surface area contributed by atoms with Crippen molar-refractivity contribution in [3.8, 4) is 0 Å². The summed E-state index contributed by atoms with van der Waals surface area (Å²) in [5, 5.41) is 9.91. The molecule has 0 aromatic rings. The van der Waals surface area contributed by atoms with Crippen LogP contribution in [0.4, 0.5) is 13.2 Å². The van der Waals surface area contributed by atoms with Crippen molar-refractivity contribution in [1.82, 2.24) is 4.90 Å². The quantitative estimate of drug-likeness (QED) is 0.235. The van der Waals surface area contributed by atoms with E-state index < -0.39 is 17.7 Å². The van der Waals surface area contributed by atoms with Crippen LogP contribution in [0.3, 0.4) is 0 Å². The van der Waals surface area contributed by atoms with Crippen molar-refractivity contribution < 1.29 is 32.5 Å². The van der Waals surface area contributed by atoms with E-state index in [1.54, 1.807) is 13.2 Å². The summed E-state index contributed by atoms with van der Waals surface area (Å²) < 4.78 is 51.8. The second-order valence-corrected chi connectivity index (χ2v) is 11.2. The molecule has 0 aromatic carbocycles.